The van der Waals surface area contributed by atoms with Gasteiger partial charge in [-0.05, 0) is 31.9 Å². The van der Waals surface area contributed by atoms with Crippen molar-refractivity contribution >= 4 is 36.6 Å². The van der Waals surface area contributed by atoms with Gasteiger partial charge in [0.15, 0.2) is 4.73 Å². The molecule has 0 spiro atoms. The molecular formula is C5H4Br2N2O. The summed E-state index contributed by atoms with van der Waals surface area (Å²) in [7, 11) is 1.76. The van der Waals surface area contributed by atoms with Crippen molar-refractivity contribution in [2.45, 2.75) is 0 Å². The van der Waals surface area contributed by atoms with Crippen LogP contribution in [0.25, 0.3) is 0 Å². The number of imidazole rings is 1. The lowest BCUT2D eigenvalue weighted by molar-refractivity contribution is 0.108. The maximum atomic E-state index is 10.7. The number of rotatable bonds is 1. The molecule has 0 radical (unpaired) electrons. The molecular weight excluding hydrogens is 264 g/mol. The minimum absolute atomic E-state index is 0.159. The molecule has 0 N–H and O–H groups in total. The van der Waals surface area contributed by atoms with E-state index in [2.05, 4.69) is 36.8 Å². The summed E-state index contributed by atoms with van der Waals surface area (Å²) in [5.74, 6) is 0. The zero-order valence-electron chi connectivity index (χ0n) is 5.14. The Hall–Kier alpha value is -0.160. The van der Waals surface area contributed by atoms with Crippen molar-refractivity contribution < 1.29 is 4.79 Å². The van der Waals surface area contributed by atoms with Crippen LogP contribution in [0.1, 0.15) is 10.5 Å². The number of aromatic nitrogens is 2. The number of halogens is 2. The second kappa shape index (κ2) is 2.84. The smallest absolute Gasteiger partial charge is 0.246 e. The van der Waals surface area contributed by atoms with Crippen LogP contribution < -0.4 is 0 Å². The minimum Gasteiger partial charge on any atom is -0.319 e. The van der Waals surface area contributed by atoms with Gasteiger partial charge in [0.1, 0.15) is 5.69 Å². The Balaban J connectivity index is 3.17. The van der Waals surface area contributed by atoms with Crippen molar-refractivity contribution in [1.82, 2.24) is 9.55 Å². The third-order valence-electron chi connectivity index (χ3n) is 1.13. The van der Waals surface area contributed by atoms with E-state index >= 15 is 0 Å². The highest BCUT2D eigenvalue weighted by atomic mass is 79.9. The Labute approximate surface area is 74.7 Å². The molecule has 1 rings (SSSR count). The van der Waals surface area contributed by atoms with Gasteiger partial charge in [-0.1, -0.05) is 0 Å². The van der Waals surface area contributed by atoms with Gasteiger partial charge in [-0.3, -0.25) is 4.79 Å². The highest BCUT2D eigenvalue weighted by molar-refractivity contribution is 9.18. The molecule has 5 heteroatoms. The Bertz CT molecular complexity index is 269. The van der Waals surface area contributed by atoms with Gasteiger partial charge in [-0.25, -0.2) is 4.98 Å². The first-order valence-corrected chi connectivity index (χ1v) is 4.08. The molecule has 0 aliphatic rings. The van der Waals surface area contributed by atoms with E-state index in [1.54, 1.807) is 11.6 Å². The van der Waals surface area contributed by atoms with Crippen molar-refractivity contribution in [2.75, 3.05) is 0 Å². The number of hydrogen-bond donors (Lipinski definition) is 0. The highest BCUT2D eigenvalue weighted by Crippen LogP contribution is 2.11. The quantitative estimate of drug-likeness (QED) is 0.727. The van der Waals surface area contributed by atoms with Crippen molar-refractivity contribution in [3.63, 3.8) is 0 Å². The van der Waals surface area contributed by atoms with Crippen LogP contribution in [0.4, 0.5) is 0 Å². The molecule has 0 aromatic carbocycles. The molecule has 1 aromatic heterocycles. The van der Waals surface area contributed by atoms with E-state index in [-0.39, 0.29) is 4.69 Å². The van der Waals surface area contributed by atoms with Gasteiger partial charge in [0.05, 0.1) is 6.20 Å². The van der Waals surface area contributed by atoms with Gasteiger partial charge < -0.3 is 4.57 Å². The summed E-state index contributed by atoms with van der Waals surface area (Å²) >= 11 is 5.99. The van der Waals surface area contributed by atoms with Crippen LogP contribution >= 0.6 is 31.9 Å². The lowest BCUT2D eigenvalue weighted by Gasteiger charge is -1.94. The number of carbonyl (C=O) groups is 1. The van der Waals surface area contributed by atoms with E-state index in [4.69, 9.17) is 0 Å². The van der Waals surface area contributed by atoms with Crippen LogP contribution in [0, 0.1) is 0 Å². The molecule has 1 aromatic rings. The molecule has 0 fully saturated rings. The minimum atomic E-state index is -0.159. The molecule has 54 valence electrons. The maximum absolute atomic E-state index is 10.7. The monoisotopic (exact) mass is 266 g/mol. The van der Waals surface area contributed by atoms with Crippen molar-refractivity contribution in [3.8, 4) is 0 Å². The molecule has 0 aliphatic heterocycles. The second-order valence-corrected chi connectivity index (χ2v) is 3.17. The molecule has 3 nitrogen and oxygen atoms in total. The number of carbonyl (C=O) groups excluding carboxylic acids is 1. The first-order valence-electron chi connectivity index (χ1n) is 2.50. The SMILES string of the molecule is Cn1c(C(=O)Br)cnc1Br. The fraction of sp³-hybridized carbons (Fsp3) is 0.200. The summed E-state index contributed by atoms with van der Waals surface area (Å²) in [5.41, 5.74) is 0.534. The molecule has 1 heterocycles. The Morgan fingerprint density at radius 3 is 2.60 bits per heavy atom. The average molecular weight is 268 g/mol. The predicted molar refractivity (Wildman–Crippen MR) is 44.2 cm³/mol. The van der Waals surface area contributed by atoms with E-state index in [9.17, 15) is 4.79 Å². The summed E-state index contributed by atoms with van der Waals surface area (Å²) in [6.07, 6.45) is 1.50. The standard InChI is InChI=1S/C5H4Br2N2O/c1-9-3(4(6)10)2-8-5(9)7/h2H,1H3. The van der Waals surface area contributed by atoms with Crippen LogP contribution in [-0.4, -0.2) is 14.2 Å². The van der Waals surface area contributed by atoms with Crippen molar-refractivity contribution in [3.05, 3.63) is 16.6 Å². The van der Waals surface area contributed by atoms with Crippen molar-refractivity contribution in [1.29, 1.82) is 0 Å². The Morgan fingerprint density at radius 2 is 2.40 bits per heavy atom. The third-order valence-corrected chi connectivity index (χ3v) is 2.28. The van der Waals surface area contributed by atoms with Crippen LogP contribution in [0.3, 0.4) is 0 Å². The Kier molecular flexibility index (Phi) is 2.25. The molecule has 10 heavy (non-hydrogen) atoms. The van der Waals surface area contributed by atoms with Crippen LogP contribution in [0.2, 0.25) is 0 Å². The van der Waals surface area contributed by atoms with Gasteiger partial charge in [-0.2, -0.15) is 0 Å². The number of nitrogens with zero attached hydrogens (tertiary/aromatic N) is 2. The van der Waals surface area contributed by atoms with E-state index in [1.807, 2.05) is 0 Å². The maximum Gasteiger partial charge on any atom is 0.246 e. The lowest BCUT2D eigenvalue weighted by atomic mass is 10.5. The van der Waals surface area contributed by atoms with Gasteiger partial charge in [0, 0.05) is 7.05 Å². The zero-order valence-corrected chi connectivity index (χ0v) is 8.31. The summed E-state index contributed by atoms with van der Waals surface area (Å²) in [6.45, 7) is 0. The topological polar surface area (TPSA) is 34.9 Å². The largest absolute Gasteiger partial charge is 0.319 e. The Morgan fingerprint density at radius 1 is 1.80 bits per heavy atom. The molecule has 0 bridgehead atoms. The van der Waals surface area contributed by atoms with Gasteiger partial charge in [-0.15, -0.1) is 0 Å². The van der Waals surface area contributed by atoms with E-state index in [1.165, 1.54) is 6.20 Å². The van der Waals surface area contributed by atoms with E-state index in [0.29, 0.717) is 10.4 Å². The zero-order chi connectivity index (χ0) is 7.72. The highest BCUT2D eigenvalue weighted by Gasteiger charge is 2.08. The summed E-state index contributed by atoms with van der Waals surface area (Å²) in [5, 5.41) is 0. The summed E-state index contributed by atoms with van der Waals surface area (Å²) in [4.78, 5) is 14.6. The lowest BCUT2D eigenvalue weighted by Crippen LogP contribution is -1.98. The first kappa shape index (κ1) is 7.94. The molecule has 0 saturated carbocycles. The van der Waals surface area contributed by atoms with E-state index < -0.39 is 0 Å². The first-order chi connectivity index (χ1) is 4.63. The second-order valence-electron chi connectivity index (χ2n) is 1.75. The fourth-order valence-corrected chi connectivity index (χ4v) is 1.23. The average Bonchev–Trinajstić information content (AvgIpc) is 2.14. The van der Waals surface area contributed by atoms with Crippen LogP contribution in [0.5, 0.6) is 0 Å². The number of hydrogen-bond acceptors (Lipinski definition) is 2. The molecule has 0 atom stereocenters. The predicted octanol–water partition coefficient (Wildman–Crippen LogP) is 1.72. The van der Waals surface area contributed by atoms with E-state index in [0.717, 1.165) is 0 Å². The summed E-state index contributed by atoms with van der Waals surface area (Å²) in [6, 6.07) is 0. The molecule has 0 amide bonds. The molecule has 0 saturated heterocycles. The van der Waals surface area contributed by atoms with Crippen LogP contribution in [-0.2, 0) is 7.05 Å². The van der Waals surface area contributed by atoms with Crippen molar-refractivity contribution in [2.24, 2.45) is 7.05 Å². The van der Waals surface area contributed by atoms with Gasteiger partial charge >= 0.3 is 0 Å². The molecule has 0 aliphatic carbocycles. The van der Waals surface area contributed by atoms with Crippen LogP contribution in [0.15, 0.2) is 10.9 Å². The summed E-state index contributed by atoms with van der Waals surface area (Å²) < 4.78 is 2.14. The third kappa shape index (κ3) is 1.29. The fourth-order valence-electron chi connectivity index (χ4n) is 0.570. The van der Waals surface area contributed by atoms with Gasteiger partial charge in [0.2, 0.25) is 4.69 Å². The molecule has 0 unspecified atom stereocenters. The van der Waals surface area contributed by atoms with Gasteiger partial charge in [0.25, 0.3) is 0 Å². The normalized spacial score (nSPS) is 9.90.